The predicted octanol–water partition coefficient (Wildman–Crippen LogP) is 0.835. The van der Waals surface area contributed by atoms with Crippen LogP contribution in [0.4, 0.5) is 4.39 Å². The van der Waals surface area contributed by atoms with Crippen molar-refractivity contribution in [2.45, 2.75) is 24.7 Å². The number of amides is 2. The number of sulfonamides is 1. The van der Waals surface area contributed by atoms with Crippen LogP contribution in [0.25, 0.3) is 0 Å². The summed E-state index contributed by atoms with van der Waals surface area (Å²) in [6, 6.07) is 3.65. The van der Waals surface area contributed by atoms with Gasteiger partial charge in [-0.15, -0.1) is 0 Å². The Labute approximate surface area is 158 Å². The van der Waals surface area contributed by atoms with E-state index in [0.717, 1.165) is 12.5 Å². The summed E-state index contributed by atoms with van der Waals surface area (Å²) in [5.41, 5.74) is 0.376. The number of nitrogens with zero attached hydrogens (tertiary/aromatic N) is 3. The van der Waals surface area contributed by atoms with Crippen LogP contribution < -0.4 is 0 Å². The first kappa shape index (κ1) is 19.8. The van der Waals surface area contributed by atoms with Crippen LogP contribution in [-0.2, 0) is 19.6 Å². The Morgan fingerprint density at radius 2 is 1.74 bits per heavy atom. The lowest BCUT2D eigenvalue weighted by molar-refractivity contribution is -0.140. The monoisotopic (exact) mass is 397 g/mol. The molecule has 3 rings (SSSR count). The number of piperazine rings is 1. The summed E-state index contributed by atoms with van der Waals surface area (Å²) in [6.45, 7) is 4.22. The molecule has 148 valence electrons. The molecule has 2 saturated heterocycles. The predicted molar refractivity (Wildman–Crippen MR) is 96.8 cm³/mol. The van der Waals surface area contributed by atoms with E-state index < -0.39 is 15.8 Å². The lowest BCUT2D eigenvalue weighted by atomic mass is 9.96. The quantitative estimate of drug-likeness (QED) is 0.706. The van der Waals surface area contributed by atoms with Crippen LogP contribution in [0.1, 0.15) is 18.4 Å². The number of carbonyl (C=O) groups is 2. The van der Waals surface area contributed by atoms with Crippen molar-refractivity contribution in [2.75, 3.05) is 39.3 Å². The molecule has 2 aliphatic heterocycles. The van der Waals surface area contributed by atoms with Gasteiger partial charge in [-0.25, -0.2) is 12.8 Å². The normalized spacial score (nSPS) is 19.9. The van der Waals surface area contributed by atoms with Crippen molar-refractivity contribution in [3.63, 3.8) is 0 Å². The highest BCUT2D eigenvalue weighted by molar-refractivity contribution is 7.89. The second-order valence-corrected chi connectivity index (χ2v) is 8.96. The molecule has 0 atom stereocenters. The average Bonchev–Trinajstić information content (AvgIpc) is 2.67. The molecule has 0 radical (unpaired) electrons. The average molecular weight is 397 g/mol. The van der Waals surface area contributed by atoms with E-state index in [1.807, 2.05) is 0 Å². The molecule has 0 unspecified atom stereocenters. The molecule has 2 heterocycles. The Balaban J connectivity index is 1.61. The van der Waals surface area contributed by atoms with Gasteiger partial charge >= 0.3 is 0 Å². The van der Waals surface area contributed by atoms with E-state index in [2.05, 4.69) is 0 Å². The van der Waals surface area contributed by atoms with Crippen LogP contribution in [0.5, 0.6) is 0 Å². The van der Waals surface area contributed by atoms with Crippen molar-refractivity contribution in [3.05, 3.63) is 29.6 Å². The topological polar surface area (TPSA) is 78.0 Å². The van der Waals surface area contributed by atoms with Crippen molar-refractivity contribution in [1.29, 1.82) is 0 Å². The van der Waals surface area contributed by atoms with E-state index in [-0.39, 0.29) is 29.8 Å². The Morgan fingerprint density at radius 3 is 2.30 bits per heavy atom. The van der Waals surface area contributed by atoms with E-state index in [0.29, 0.717) is 44.6 Å². The minimum absolute atomic E-state index is 0.0376. The van der Waals surface area contributed by atoms with Crippen molar-refractivity contribution >= 4 is 22.3 Å². The molecule has 9 heteroatoms. The maximum Gasteiger partial charge on any atom is 0.243 e. The van der Waals surface area contributed by atoms with Gasteiger partial charge in [-0.2, -0.15) is 4.31 Å². The van der Waals surface area contributed by atoms with E-state index in [9.17, 15) is 22.4 Å². The third-order valence-electron chi connectivity index (χ3n) is 5.33. The Kier molecular flexibility index (Phi) is 5.81. The molecular weight excluding hydrogens is 373 g/mol. The number of aryl methyl sites for hydroxylation is 1. The summed E-state index contributed by atoms with van der Waals surface area (Å²) < 4.78 is 40.3. The largest absolute Gasteiger partial charge is 0.342 e. The standard InChI is InChI=1S/C18H24FN3O4S/c1-14-12-16(19)2-3-17(14)27(25,26)22-6-4-15(5-7-22)18(24)21-10-8-20(13-23)9-11-21/h2-3,12-13,15H,4-11H2,1H3. The number of carbonyl (C=O) groups excluding carboxylic acids is 2. The zero-order chi connectivity index (χ0) is 19.6. The number of hydrogen-bond acceptors (Lipinski definition) is 4. The molecular formula is C18H24FN3O4S. The first-order valence-electron chi connectivity index (χ1n) is 9.07. The van der Waals surface area contributed by atoms with Gasteiger partial charge in [-0.3, -0.25) is 9.59 Å². The fourth-order valence-corrected chi connectivity index (χ4v) is 5.37. The molecule has 2 fully saturated rings. The second kappa shape index (κ2) is 7.93. The lowest BCUT2D eigenvalue weighted by Crippen LogP contribution is -2.51. The second-order valence-electron chi connectivity index (χ2n) is 7.05. The van der Waals surface area contributed by atoms with Crippen LogP contribution in [-0.4, -0.2) is 74.1 Å². The van der Waals surface area contributed by atoms with Crippen molar-refractivity contribution in [1.82, 2.24) is 14.1 Å². The van der Waals surface area contributed by atoms with Gasteiger partial charge < -0.3 is 9.80 Å². The number of hydrogen-bond donors (Lipinski definition) is 0. The van der Waals surface area contributed by atoms with Crippen molar-refractivity contribution in [2.24, 2.45) is 5.92 Å². The summed E-state index contributed by atoms with van der Waals surface area (Å²) >= 11 is 0. The first-order chi connectivity index (χ1) is 12.8. The molecule has 1 aromatic carbocycles. The Bertz CT molecular complexity index is 814. The fourth-order valence-electron chi connectivity index (χ4n) is 3.69. The highest BCUT2D eigenvalue weighted by Crippen LogP contribution is 2.27. The zero-order valence-corrected chi connectivity index (χ0v) is 16.1. The van der Waals surface area contributed by atoms with Gasteiger partial charge in [0.15, 0.2) is 0 Å². The minimum atomic E-state index is -3.70. The highest BCUT2D eigenvalue weighted by atomic mass is 32.2. The van der Waals surface area contributed by atoms with Crippen molar-refractivity contribution < 1.29 is 22.4 Å². The van der Waals surface area contributed by atoms with Crippen LogP contribution in [0.3, 0.4) is 0 Å². The Hall–Kier alpha value is -2.00. The van der Waals surface area contributed by atoms with Gasteiger partial charge in [0.25, 0.3) is 0 Å². The summed E-state index contributed by atoms with van der Waals surface area (Å²) in [4.78, 5) is 27.0. The number of benzene rings is 1. The van der Waals surface area contributed by atoms with Crippen LogP contribution in [0.2, 0.25) is 0 Å². The van der Waals surface area contributed by atoms with E-state index in [1.54, 1.807) is 16.7 Å². The molecule has 2 amide bonds. The zero-order valence-electron chi connectivity index (χ0n) is 15.3. The molecule has 2 aliphatic rings. The van der Waals surface area contributed by atoms with Gasteiger partial charge in [0, 0.05) is 45.2 Å². The molecule has 7 nitrogen and oxygen atoms in total. The molecule has 0 saturated carbocycles. The molecule has 0 spiro atoms. The minimum Gasteiger partial charge on any atom is -0.342 e. The smallest absolute Gasteiger partial charge is 0.243 e. The number of piperidine rings is 1. The lowest BCUT2D eigenvalue weighted by Gasteiger charge is -2.37. The SMILES string of the molecule is Cc1cc(F)ccc1S(=O)(=O)N1CCC(C(=O)N2CCN(C=O)CC2)CC1. The molecule has 0 bridgehead atoms. The molecule has 0 aliphatic carbocycles. The van der Waals surface area contributed by atoms with E-state index >= 15 is 0 Å². The fraction of sp³-hybridized carbons (Fsp3) is 0.556. The van der Waals surface area contributed by atoms with Crippen LogP contribution in [0.15, 0.2) is 23.1 Å². The van der Waals surface area contributed by atoms with Gasteiger partial charge in [-0.05, 0) is 43.5 Å². The molecule has 0 N–H and O–H groups in total. The summed E-state index contributed by atoms with van der Waals surface area (Å²) in [7, 11) is -3.70. The maximum absolute atomic E-state index is 13.3. The molecule has 1 aromatic rings. The van der Waals surface area contributed by atoms with Crippen LogP contribution in [0, 0.1) is 18.7 Å². The molecule has 27 heavy (non-hydrogen) atoms. The van der Waals surface area contributed by atoms with Gasteiger partial charge in [0.05, 0.1) is 4.90 Å². The third-order valence-corrected chi connectivity index (χ3v) is 7.39. The summed E-state index contributed by atoms with van der Waals surface area (Å²) in [5, 5.41) is 0. The summed E-state index contributed by atoms with van der Waals surface area (Å²) in [6.07, 6.45) is 1.72. The van der Waals surface area contributed by atoms with Crippen molar-refractivity contribution in [3.8, 4) is 0 Å². The third kappa shape index (κ3) is 4.14. The van der Waals surface area contributed by atoms with Gasteiger partial charge in [0.1, 0.15) is 5.82 Å². The number of rotatable bonds is 4. The van der Waals surface area contributed by atoms with Gasteiger partial charge in [0.2, 0.25) is 22.3 Å². The maximum atomic E-state index is 13.3. The van der Waals surface area contributed by atoms with E-state index in [1.165, 1.54) is 16.4 Å². The molecule has 0 aromatic heterocycles. The van der Waals surface area contributed by atoms with Gasteiger partial charge in [-0.1, -0.05) is 0 Å². The highest BCUT2D eigenvalue weighted by Gasteiger charge is 2.35. The summed E-state index contributed by atoms with van der Waals surface area (Å²) in [5.74, 6) is -0.630. The van der Waals surface area contributed by atoms with Crippen LogP contribution >= 0.6 is 0 Å². The first-order valence-corrected chi connectivity index (χ1v) is 10.5. The Morgan fingerprint density at radius 1 is 1.11 bits per heavy atom. The van der Waals surface area contributed by atoms with E-state index in [4.69, 9.17) is 0 Å². The number of halogens is 1.